The summed E-state index contributed by atoms with van der Waals surface area (Å²) in [4.78, 5) is 13.5. The normalized spacial score (nSPS) is 11.5. The molecule has 0 aliphatic rings. The molecule has 0 bridgehead atoms. The van der Waals surface area contributed by atoms with Crippen LogP contribution in [-0.4, -0.2) is 52.0 Å². The molecule has 0 unspecified atom stereocenters. The van der Waals surface area contributed by atoms with E-state index >= 15 is 0 Å². The molecule has 0 spiro atoms. The van der Waals surface area contributed by atoms with Crippen LogP contribution in [0.1, 0.15) is 0 Å². The summed E-state index contributed by atoms with van der Waals surface area (Å²) in [5.74, 6) is 0.461. The van der Waals surface area contributed by atoms with Crippen molar-refractivity contribution in [3.63, 3.8) is 0 Å². The number of para-hydroxylation sites is 1. The number of carbonyl (C=O) groups excluding carboxylic acids is 1. The van der Waals surface area contributed by atoms with Gasteiger partial charge in [0.15, 0.2) is 0 Å². The van der Waals surface area contributed by atoms with Gasteiger partial charge >= 0.3 is 6.16 Å². The Morgan fingerprint density at radius 1 is 1.20 bits per heavy atom. The average Bonchev–Trinajstić information content (AvgIpc) is 2.43. The average molecular weight is 279 g/mol. The van der Waals surface area contributed by atoms with Gasteiger partial charge in [0.25, 0.3) is 0 Å². The second-order valence-corrected chi connectivity index (χ2v) is 4.51. The number of likely N-dealkylation sites (N-methyl/N-ethyl adjacent to an activating group) is 1. The lowest BCUT2D eigenvalue weighted by atomic mass is 10.3. The molecule has 0 aliphatic carbocycles. The largest absolute Gasteiger partial charge is 0.514 e. The van der Waals surface area contributed by atoms with Gasteiger partial charge in [-0.25, -0.2) is 4.79 Å². The van der Waals surface area contributed by atoms with Crippen molar-refractivity contribution in [3.8, 4) is 5.75 Å². The van der Waals surface area contributed by atoms with E-state index in [4.69, 9.17) is 14.2 Å². The molecule has 0 radical (unpaired) electrons. The van der Waals surface area contributed by atoms with Crippen molar-refractivity contribution in [2.45, 2.75) is 0 Å². The van der Waals surface area contributed by atoms with Crippen LogP contribution in [-0.2, 0) is 9.47 Å². The molecule has 1 aromatic carbocycles. The minimum atomic E-state index is -0.719. The van der Waals surface area contributed by atoms with Crippen LogP contribution in [0.15, 0.2) is 42.0 Å². The molecule has 0 N–H and O–H groups in total. The van der Waals surface area contributed by atoms with Crippen molar-refractivity contribution in [3.05, 3.63) is 42.0 Å². The third-order valence-electron chi connectivity index (χ3n) is 2.39. The van der Waals surface area contributed by atoms with E-state index < -0.39 is 6.16 Å². The van der Waals surface area contributed by atoms with Crippen LogP contribution in [0.2, 0.25) is 0 Å². The van der Waals surface area contributed by atoms with Crippen molar-refractivity contribution >= 4 is 6.16 Å². The number of methoxy groups -OCH3 is 1. The Kier molecular flexibility index (Phi) is 7.39. The van der Waals surface area contributed by atoms with Crippen molar-refractivity contribution in [2.24, 2.45) is 0 Å². The molecule has 0 fully saturated rings. The molecule has 0 saturated carbocycles. The molecule has 5 nitrogen and oxygen atoms in total. The topological polar surface area (TPSA) is 48.0 Å². The monoisotopic (exact) mass is 279 g/mol. The summed E-state index contributed by atoms with van der Waals surface area (Å²) in [5.41, 5.74) is 0.895. The van der Waals surface area contributed by atoms with Crippen LogP contribution >= 0.6 is 0 Å². The number of hydrogen-bond donors (Lipinski definition) is 0. The molecule has 0 saturated heterocycles. The summed E-state index contributed by atoms with van der Waals surface area (Å²) in [7, 11) is 5.53. The van der Waals surface area contributed by atoms with E-state index in [1.54, 1.807) is 31.4 Å². The molecule has 0 heterocycles. The fraction of sp³-hybridized carbons (Fsp3) is 0.400. The minimum Gasteiger partial charge on any atom is -0.429 e. The van der Waals surface area contributed by atoms with Crippen LogP contribution in [0.3, 0.4) is 0 Å². The zero-order valence-corrected chi connectivity index (χ0v) is 12.2. The van der Waals surface area contributed by atoms with E-state index in [0.29, 0.717) is 12.4 Å². The lowest BCUT2D eigenvalue weighted by Gasteiger charge is -2.11. The number of hydrogen-bond acceptors (Lipinski definition) is 5. The highest BCUT2D eigenvalue weighted by Gasteiger charge is 2.07. The Bertz CT molecular complexity index is 429. The maximum absolute atomic E-state index is 11.5. The highest BCUT2D eigenvalue weighted by atomic mass is 16.7. The van der Waals surface area contributed by atoms with Crippen molar-refractivity contribution in [1.29, 1.82) is 0 Å². The van der Waals surface area contributed by atoms with Gasteiger partial charge in [-0.3, -0.25) is 0 Å². The molecule has 110 valence electrons. The first-order valence-corrected chi connectivity index (χ1v) is 6.33. The molecule has 20 heavy (non-hydrogen) atoms. The predicted octanol–water partition coefficient (Wildman–Crippen LogP) is 2.34. The van der Waals surface area contributed by atoms with E-state index in [2.05, 4.69) is 0 Å². The quantitative estimate of drug-likeness (QED) is 0.435. The fourth-order valence-corrected chi connectivity index (χ4v) is 1.42. The van der Waals surface area contributed by atoms with Gasteiger partial charge in [-0.15, -0.1) is 0 Å². The molecular weight excluding hydrogens is 258 g/mol. The SMILES string of the molecule is COC/C(=C\CN(C)C)COC(=O)Oc1ccccc1. The molecule has 5 heteroatoms. The van der Waals surface area contributed by atoms with Crippen LogP contribution in [0, 0.1) is 0 Å². The number of nitrogens with zero attached hydrogens (tertiary/aromatic N) is 1. The molecule has 0 aliphatic heterocycles. The second kappa shape index (κ2) is 9.12. The highest BCUT2D eigenvalue weighted by Crippen LogP contribution is 2.09. The zero-order valence-electron chi connectivity index (χ0n) is 12.2. The fourth-order valence-electron chi connectivity index (χ4n) is 1.42. The third-order valence-corrected chi connectivity index (χ3v) is 2.39. The number of rotatable bonds is 7. The van der Waals surface area contributed by atoms with Gasteiger partial charge in [0.05, 0.1) is 6.61 Å². The molecule has 0 atom stereocenters. The van der Waals surface area contributed by atoms with Crippen LogP contribution < -0.4 is 4.74 Å². The van der Waals surface area contributed by atoms with Crippen molar-refractivity contribution < 1.29 is 19.0 Å². The Morgan fingerprint density at radius 2 is 1.90 bits per heavy atom. The first kappa shape index (κ1) is 16.2. The van der Waals surface area contributed by atoms with Gasteiger partial charge in [-0.05, 0) is 31.8 Å². The van der Waals surface area contributed by atoms with E-state index in [-0.39, 0.29) is 6.61 Å². The Morgan fingerprint density at radius 3 is 2.50 bits per heavy atom. The van der Waals surface area contributed by atoms with Crippen LogP contribution in [0.25, 0.3) is 0 Å². The van der Waals surface area contributed by atoms with E-state index in [9.17, 15) is 4.79 Å². The maximum Gasteiger partial charge on any atom is 0.514 e. The van der Waals surface area contributed by atoms with E-state index in [1.165, 1.54) is 0 Å². The number of carbonyl (C=O) groups is 1. The third kappa shape index (κ3) is 6.92. The van der Waals surface area contributed by atoms with Gasteiger partial charge in [0.2, 0.25) is 0 Å². The summed E-state index contributed by atoms with van der Waals surface area (Å²) >= 11 is 0. The summed E-state index contributed by atoms with van der Waals surface area (Å²) in [6.07, 6.45) is 1.25. The Labute approximate surface area is 119 Å². The molecular formula is C15H21NO4. The van der Waals surface area contributed by atoms with Crippen LogP contribution in [0.5, 0.6) is 5.75 Å². The van der Waals surface area contributed by atoms with E-state index in [1.807, 2.05) is 31.1 Å². The van der Waals surface area contributed by atoms with Gasteiger partial charge in [-0.1, -0.05) is 24.3 Å². The van der Waals surface area contributed by atoms with Gasteiger partial charge in [0, 0.05) is 13.7 Å². The smallest absolute Gasteiger partial charge is 0.429 e. The van der Waals surface area contributed by atoms with Gasteiger partial charge in [0.1, 0.15) is 12.4 Å². The summed E-state index contributed by atoms with van der Waals surface area (Å²) in [6.45, 7) is 1.34. The molecule has 1 rings (SSSR count). The first-order valence-electron chi connectivity index (χ1n) is 6.33. The van der Waals surface area contributed by atoms with Gasteiger partial charge in [-0.2, -0.15) is 0 Å². The summed E-state index contributed by atoms with van der Waals surface area (Å²) in [6, 6.07) is 8.81. The summed E-state index contributed by atoms with van der Waals surface area (Å²) in [5, 5.41) is 0. The van der Waals surface area contributed by atoms with Gasteiger partial charge < -0.3 is 19.1 Å². The number of benzene rings is 1. The minimum absolute atomic E-state index is 0.160. The molecule has 1 aromatic rings. The van der Waals surface area contributed by atoms with E-state index in [0.717, 1.165) is 12.1 Å². The zero-order chi connectivity index (χ0) is 14.8. The Hall–Kier alpha value is -1.85. The molecule has 0 amide bonds. The lowest BCUT2D eigenvalue weighted by Crippen LogP contribution is -2.16. The van der Waals surface area contributed by atoms with Crippen molar-refractivity contribution in [2.75, 3.05) is 41.0 Å². The predicted molar refractivity (Wildman–Crippen MR) is 76.9 cm³/mol. The lowest BCUT2D eigenvalue weighted by molar-refractivity contribution is 0.102. The van der Waals surface area contributed by atoms with Crippen molar-refractivity contribution in [1.82, 2.24) is 4.90 Å². The first-order chi connectivity index (χ1) is 9.61. The number of ether oxygens (including phenoxy) is 3. The maximum atomic E-state index is 11.5. The molecule has 0 aromatic heterocycles. The Balaban J connectivity index is 2.42. The summed E-state index contributed by atoms with van der Waals surface area (Å²) < 4.78 is 15.2. The second-order valence-electron chi connectivity index (χ2n) is 4.51. The standard InChI is InChI=1S/C15H21NO4/c1-16(2)10-9-13(11-18-3)12-19-15(17)20-14-7-5-4-6-8-14/h4-9H,10-12H2,1-3H3/b13-9+. The highest BCUT2D eigenvalue weighted by molar-refractivity contribution is 5.63. The van der Waals surface area contributed by atoms with Crippen LogP contribution in [0.4, 0.5) is 4.79 Å².